The third-order valence-electron chi connectivity index (χ3n) is 6.97. The number of piperidine rings is 1. The Bertz CT molecular complexity index is 1140. The lowest BCUT2D eigenvalue weighted by molar-refractivity contribution is -0.169. The van der Waals surface area contributed by atoms with E-state index in [0.717, 1.165) is 6.07 Å². The van der Waals surface area contributed by atoms with Crippen LogP contribution in [0.4, 0.5) is 19.3 Å². The van der Waals surface area contributed by atoms with Crippen LogP contribution in [0.2, 0.25) is 0 Å². The Morgan fingerprint density at radius 1 is 0.971 bits per heavy atom. The molecule has 3 fully saturated rings. The van der Waals surface area contributed by atoms with E-state index < -0.39 is 17.4 Å². The third kappa shape index (κ3) is 4.38. The quantitative estimate of drug-likeness (QED) is 0.644. The molecular weight excluding hydrogens is 460 g/mol. The molecule has 0 N–H and O–H groups in total. The zero-order valence-corrected chi connectivity index (χ0v) is 19.9. The lowest BCUT2D eigenvalue weighted by atomic mass is 9.99. The number of amides is 3. The van der Waals surface area contributed by atoms with Gasteiger partial charge >= 0.3 is 6.03 Å². The Balaban J connectivity index is 1.46. The minimum atomic E-state index is -0.771. The number of aromatic nitrogens is 1. The van der Waals surface area contributed by atoms with Crippen molar-refractivity contribution < 1.29 is 27.8 Å². The number of nitrogens with zero attached hydrogens (tertiary/aromatic N) is 5. The number of ether oxygens (including phenoxy) is 2. The molecule has 0 radical (unpaired) electrons. The smallest absolute Gasteiger partial charge is 0.319 e. The summed E-state index contributed by atoms with van der Waals surface area (Å²) in [7, 11) is 3.38. The molecule has 35 heavy (non-hydrogen) atoms. The second kappa shape index (κ2) is 9.19. The number of hydrogen-bond donors (Lipinski definition) is 0. The maximum Gasteiger partial charge on any atom is 0.319 e. The zero-order chi connectivity index (χ0) is 24.7. The molecule has 0 aliphatic carbocycles. The summed E-state index contributed by atoms with van der Waals surface area (Å²) in [5.41, 5.74) is 0.783. The number of halogens is 2. The predicted molar refractivity (Wildman–Crippen MR) is 124 cm³/mol. The fraction of sp³-hybridized carbons (Fsp3) is 0.542. The number of urea groups is 1. The van der Waals surface area contributed by atoms with Gasteiger partial charge in [0, 0.05) is 83.9 Å². The minimum Gasteiger partial charge on any atom is -0.370 e. The van der Waals surface area contributed by atoms with Gasteiger partial charge in [-0.15, -0.1) is 0 Å². The zero-order valence-electron chi connectivity index (χ0n) is 19.9. The Morgan fingerprint density at radius 3 is 2.23 bits per heavy atom. The first-order valence-electron chi connectivity index (χ1n) is 11.8. The summed E-state index contributed by atoms with van der Waals surface area (Å²) in [5.74, 6) is -2.40. The van der Waals surface area contributed by atoms with Gasteiger partial charge in [-0.05, 0) is 6.07 Å². The van der Waals surface area contributed by atoms with Crippen molar-refractivity contribution >= 4 is 28.5 Å². The topological polar surface area (TPSA) is 78.5 Å². The van der Waals surface area contributed by atoms with Crippen LogP contribution in [0.15, 0.2) is 18.3 Å². The van der Waals surface area contributed by atoms with Crippen molar-refractivity contribution in [3.8, 4) is 0 Å². The third-order valence-corrected chi connectivity index (χ3v) is 6.97. The van der Waals surface area contributed by atoms with E-state index in [4.69, 9.17) is 9.47 Å². The summed E-state index contributed by atoms with van der Waals surface area (Å²) >= 11 is 0. The number of carbonyl (C=O) groups is 2. The fourth-order valence-electron chi connectivity index (χ4n) is 5.12. The molecule has 1 aromatic carbocycles. The molecule has 0 bridgehead atoms. The molecule has 2 aromatic rings. The summed E-state index contributed by atoms with van der Waals surface area (Å²) in [4.78, 5) is 36.9. The van der Waals surface area contributed by atoms with Crippen LogP contribution in [-0.2, 0) is 9.47 Å². The minimum absolute atomic E-state index is 0.0213. The van der Waals surface area contributed by atoms with E-state index in [0.29, 0.717) is 76.6 Å². The van der Waals surface area contributed by atoms with E-state index in [-0.39, 0.29) is 22.8 Å². The van der Waals surface area contributed by atoms with Gasteiger partial charge in [-0.25, -0.2) is 13.6 Å². The molecule has 1 aromatic heterocycles. The predicted octanol–water partition coefficient (Wildman–Crippen LogP) is 2.30. The van der Waals surface area contributed by atoms with Gasteiger partial charge in [0.25, 0.3) is 5.91 Å². The highest BCUT2D eigenvalue weighted by Crippen LogP contribution is 2.38. The first-order valence-corrected chi connectivity index (χ1v) is 11.8. The first-order chi connectivity index (χ1) is 16.8. The molecule has 3 aliphatic heterocycles. The number of fused-ring (bicyclic) bond motifs is 1. The highest BCUT2D eigenvalue weighted by atomic mass is 19.1. The number of piperazine rings is 1. The van der Waals surface area contributed by atoms with Gasteiger partial charge in [0.05, 0.1) is 24.5 Å². The van der Waals surface area contributed by atoms with Crippen molar-refractivity contribution in [2.75, 3.05) is 71.5 Å². The van der Waals surface area contributed by atoms with E-state index in [1.807, 2.05) is 4.90 Å². The van der Waals surface area contributed by atoms with Crippen LogP contribution < -0.4 is 4.90 Å². The number of carbonyl (C=O) groups excluding carboxylic acids is 2. The van der Waals surface area contributed by atoms with Crippen molar-refractivity contribution in [1.82, 2.24) is 19.7 Å². The van der Waals surface area contributed by atoms with Gasteiger partial charge in [0.15, 0.2) is 11.6 Å². The van der Waals surface area contributed by atoms with Gasteiger partial charge in [-0.1, -0.05) is 0 Å². The average molecular weight is 490 g/mol. The van der Waals surface area contributed by atoms with Crippen LogP contribution in [0, 0.1) is 11.6 Å². The Morgan fingerprint density at radius 2 is 1.60 bits per heavy atom. The van der Waals surface area contributed by atoms with E-state index in [1.54, 1.807) is 23.9 Å². The standard InChI is InChI=1S/C24H29F2N5O4/c1-28(2)23(33)31-9-7-30(8-10-31)22(32)18-15-27-20-17(13-16(25)14-19(20)26)21(18)29-5-3-24(4-6-29)34-11-12-35-24/h13-15H,3-12H2,1-2H3. The van der Waals surface area contributed by atoms with E-state index >= 15 is 0 Å². The monoisotopic (exact) mass is 489 g/mol. The maximum absolute atomic E-state index is 14.6. The first kappa shape index (κ1) is 23.7. The Labute approximate surface area is 202 Å². The van der Waals surface area contributed by atoms with E-state index in [2.05, 4.69) is 4.98 Å². The summed E-state index contributed by atoms with van der Waals surface area (Å²) in [5, 5.41) is 0.263. The summed E-state index contributed by atoms with van der Waals surface area (Å²) in [6, 6.07) is 1.93. The second-order valence-corrected chi connectivity index (χ2v) is 9.36. The van der Waals surface area contributed by atoms with Gasteiger partial charge in [0.2, 0.25) is 0 Å². The summed E-state index contributed by atoms with van der Waals surface area (Å²) in [6.07, 6.45) is 2.53. The number of hydrogen-bond acceptors (Lipinski definition) is 6. The molecule has 11 heteroatoms. The number of anilines is 1. The molecule has 3 aliphatic rings. The van der Waals surface area contributed by atoms with Crippen LogP contribution in [0.25, 0.3) is 10.9 Å². The molecule has 4 heterocycles. The van der Waals surface area contributed by atoms with Crippen molar-refractivity contribution in [3.05, 3.63) is 35.5 Å². The normalized spacial score (nSPS) is 20.1. The lowest BCUT2D eigenvalue weighted by Gasteiger charge is -2.40. The number of rotatable bonds is 2. The van der Waals surface area contributed by atoms with Gasteiger partial charge in [-0.2, -0.15) is 0 Å². The van der Waals surface area contributed by atoms with Gasteiger partial charge in [0.1, 0.15) is 11.3 Å². The second-order valence-electron chi connectivity index (χ2n) is 9.36. The molecule has 5 rings (SSSR count). The Hall–Kier alpha value is -3.05. The van der Waals surface area contributed by atoms with E-state index in [9.17, 15) is 18.4 Å². The van der Waals surface area contributed by atoms with Crippen LogP contribution in [0.5, 0.6) is 0 Å². The van der Waals surface area contributed by atoms with Crippen LogP contribution in [-0.4, -0.2) is 104 Å². The lowest BCUT2D eigenvalue weighted by Crippen LogP contribution is -2.53. The van der Waals surface area contributed by atoms with Crippen molar-refractivity contribution in [3.63, 3.8) is 0 Å². The molecule has 3 amide bonds. The number of pyridine rings is 1. The SMILES string of the molecule is CN(C)C(=O)N1CCN(C(=O)c2cnc3c(F)cc(F)cc3c2N2CCC3(CC2)OCCO3)CC1. The largest absolute Gasteiger partial charge is 0.370 e. The fourth-order valence-corrected chi connectivity index (χ4v) is 5.12. The summed E-state index contributed by atoms with van der Waals surface area (Å²) in [6.45, 7) is 3.62. The van der Waals surface area contributed by atoms with Crippen LogP contribution in [0.3, 0.4) is 0 Å². The molecule has 0 atom stereocenters. The Kier molecular flexibility index (Phi) is 6.22. The molecule has 0 saturated carbocycles. The molecular formula is C24H29F2N5O4. The highest BCUT2D eigenvalue weighted by molar-refractivity contribution is 6.07. The number of benzene rings is 1. The molecule has 1 spiro atoms. The van der Waals surface area contributed by atoms with Gasteiger partial charge < -0.3 is 29.1 Å². The average Bonchev–Trinajstić information content (AvgIpc) is 3.31. The van der Waals surface area contributed by atoms with Crippen molar-refractivity contribution in [1.29, 1.82) is 0 Å². The molecule has 188 valence electrons. The van der Waals surface area contributed by atoms with Crippen LogP contribution >= 0.6 is 0 Å². The van der Waals surface area contributed by atoms with E-state index in [1.165, 1.54) is 17.2 Å². The summed E-state index contributed by atoms with van der Waals surface area (Å²) < 4.78 is 40.5. The molecule has 9 nitrogen and oxygen atoms in total. The highest BCUT2D eigenvalue weighted by Gasteiger charge is 2.41. The maximum atomic E-state index is 14.6. The van der Waals surface area contributed by atoms with Crippen LogP contribution in [0.1, 0.15) is 23.2 Å². The van der Waals surface area contributed by atoms with Crippen molar-refractivity contribution in [2.24, 2.45) is 0 Å². The molecule has 0 unspecified atom stereocenters. The van der Waals surface area contributed by atoms with Gasteiger partial charge in [-0.3, -0.25) is 9.78 Å². The molecule has 3 saturated heterocycles. The van der Waals surface area contributed by atoms with Crippen molar-refractivity contribution in [2.45, 2.75) is 18.6 Å².